The average molecular weight is 316 g/mol. The van der Waals surface area contributed by atoms with Gasteiger partial charge in [0.05, 0.1) is 35.3 Å². The van der Waals surface area contributed by atoms with Crippen molar-refractivity contribution in [2.45, 2.75) is 13.2 Å². The van der Waals surface area contributed by atoms with E-state index < -0.39 is 0 Å². The van der Waals surface area contributed by atoms with Crippen LogP contribution < -0.4 is 0 Å². The number of benzene rings is 3. The predicted molar refractivity (Wildman–Crippen MR) is 97.0 cm³/mol. The van der Waals surface area contributed by atoms with Crippen LogP contribution in [-0.4, -0.2) is 20.2 Å². The third-order valence-electron chi connectivity index (χ3n) is 4.93. The minimum Gasteiger partial charge on any atom is -0.392 e. The Balaban J connectivity index is 2.00. The molecular weight excluding hydrogens is 300 g/mol. The molecule has 118 valence electrons. The number of nitrogens with one attached hydrogen (secondary N) is 2. The fourth-order valence-corrected chi connectivity index (χ4v) is 3.77. The molecule has 4 N–H and O–H groups in total. The van der Waals surface area contributed by atoms with Crippen LogP contribution in [0.5, 0.6) is 0 Å². The summed E-state index contributed by atoms with van der Waals surface area (Å²) in [4.78, 5) is 6.97. The van der Waals surface area contributed by atoms with E-state index in [0.29, 0.717) is 0 Å². The summed E-state index contributed by atoms with van der Waals surface area (Å²) in [6.07, 6.45) is 0. The first kappa shape index (κ1) is 13.6. The summed E-state index contributed by atoms with van der Waals surface area (Å²) >= 11 is 0. The third-order valence-corrected chi connectivity index (χ3v) is 4.93. The van der Waals surface area contributed by atoms with Crippen molar-refractivity contribution < 1.29 is 10.2 Å². The van der Waals surface area contributed by atoms with E-state index in [9.17, 15) is 10.2 Å². The molecule has 24 heavy (non-hydrogen) atoms. The first-order chi connectivity index (χ1) is 11.8. The maximum Gasteiger partial charge on any atom is 0.0710 e. The van der Waals surface area contributed by atoms with Crippen molar-refractivity contribution in [3.8, 4) is 0 Å². The van der Waals surface area contributed by atoms with Crippen molar-refractivity contribution in [2.75, 3.05) is 0 Å². The van der Waals surface area contributed by atoms with Gasteiger partial charge in [-0.15, -0.1) is 0 Å². The van der Waals surface area contributed by atoms with E-state index in [-0.39, 0.29) is 13.2 Å². The molecule has 3 aromatic carbocycles. The van der Waals surface area contributed by atoms with E-state index in [4.69, 9.17) is 0 Å². The van der Waals surface area contributed by atoms with Crippen LogP contribution in [0.2, 0.25) is 0 Å². The first-order valence-electron chi connectivity index (χ1n) is 7.99. The molecule has 5 rings (SSSR count). The molecule has 0 saturated heterocycles. The van der Waals surface area contributed by atoms with Gasteiger partial charge in [-0.05, 0) is 0 Å². The van der Waals surface area contributed by atoms with Gasteiger partial charge < -0.3 is 20.2 Å². The van der Waals surface area contributed by atoms with Crippen LogP contribution in [0.4, 0.5) is 0 Å². The summed E-state index contributed by atoms with van der Waals surface area (Å²) in [5.41, 5.74) is 5.80. The molecule has 0 aliphatic heterocycles. The van der Waals surface area contributed by atoms with Crippen LogP contribution >= 0.6 is 0 Å². The smallest absolute Gasteiger partial charge is 0.0710 e. The second-order valence-corrected chi connectivity index (χ2v) is 6.16. The Kier molecular flexibility index (Phi) is 2.74. The van der Waals surface area contributed by atoms with Crippen LogP contribution in [0.15, 0.2) is 48.5 Å². The van der Waals surface area contributed by atoms with E-state index >= 15 is 0 Å². The molecule has 0 saturated carbocycles. The van der Waals surface area contributed by atoms with Gasteiger partial charge in [0.25, 0.3) is 0 Å². The zero-order valence-electron chi connectivity index (χ0n) is 12.9. The lowest BCUT2D eigenvalue weighted by atomic mass is 10.1. The third kappa shape index (κ3) is 1.64. The molecule has 4 nitrogen and oxygen atoms in total. The van der Waals surface area contributed by atoms with Crippen molar-refractivity contribution in [1.82, 2.24) is 9.97 Å². The second-order valence-electron chi connectivity index (χ2n) is 6.16. The Morgan fingerprint density at radius 1 is 0.542 bits per heavy atom. The monoisotopic (exact) mass is 316 g/mol. The van der Waals surface area contributed by atoms with E-state index in [0.717, 1.165) is 54.7 Å². The number of aromatic nitrogens is 2. The van der Waals surface area contributed by atoms with Gasteiger partial charge in [0.1, 0.15) is 0 Å². The zero-order valence-corrected chi connectivity index (χ0v) is 12.9. The maximum absolute atomic E-state index is 9.60. The van der Waals surface area contributed by atoms with Crippen molar-refractivity contribution in [2.24, 2.45) is 0 Å². The van der Waals surface area contributed by atoms with Crippen molar-refractivity contribution in [3.63, 3.8) is 0 Å². The molecule has 0 aliphatic carbocycles. The van der Waals surface area contributed by atoms with Gasteiger partial charge in [-0.3, -0.25) is 0 Å². The summed E-state index contributed by atoms with van der Waals surface area (Å²) in [6, 6.07) is 16.2. The Bertz CT molecular complexity index is 1130. The van der Waals surface area contributed by atoms with Crippen LogP contribution in [0.1, 0.15) is 11.1 Å². The van der Waals surface area contributed by atoms with Gasteiger partial charge >= 0.3 is 0 Å². The van der Waals surface area contributed by atoms with Gasteiger partial charge in [0.15, 0.2) is 0 Å². The lowest BCUT2D eigenvalue weighted by Crippen LogP contribution is -1.84. The van der Waals surface area contributed by atoms with Crippen molar-refractivity contribution in [3.05, 3.63) is 59.7 Å². The molecule has 0 aliphatic rings. The van der Waals surface area contributed by atoms with Crippen LogP contribution in [-0.2, 0) is 13.2 Å². The molecular formula is C20H16N2O2. The molecule has 5 aromatic rings. The number of para-hydroxylation sites is 2. The Morgan fingerprint density at radius 2 is 0.958 bits per heavy atom. The Labute approximate surface area is 137 Å². The van der Waals surface area contributed by atoms with E-state index in [1.54, 1.807) is 0 Å². The highest BCUT2D eigenvalue weighted by Gasteiger charge is 2.14. The van der Waals surface area contributed by atoms with E-state index in [1.165, 1.54) is 0 Å². The molecule has 2 heterocycles. The molecule has 0 fully saturated rings. The highest BCUT2D eigenvalue weighted by atomic mass is 16.3. The standard InChI is InChI=1S/C20H16N2O2/c23-9-11-3-1-5-13-15-7-8-16-14-6-2-4-12(10-24)18(14)22-20(16)19(15)21-17(11)13/h1-8,21-24H,9-10H2. The number of hydrogen-bond acceptors (Lipinski definition) is 2. The molecule has 0 bridgehead atoms. The van der Waals surface area contributed by atoms with Gasteiger partial charge in [-0.1, -0.05) is 48.5 Å². The summed E-state index contributed by atoms with van der Waals surface area (Å²) < 4.78 is 0. The number of rotatable bonds is 2. The number of hydrogen-bond donors (Lipinski definition) is 4. The summed E-state index contributed by atoms with van der Waals surface area (Å²) in [6.45, 7) is 0.0172. The number of H-pyrrole nitrogens is 2. The highest BCUT2D eigenvalue weighted by Crippen LogP contribution is 2.36. The first-order valence-corrected chi connectivity index (χ1v) is 7.99. The van der Waals surface area contributed by atoms with Gasteiger partial charge in [0, 0.05) is 32.7 Å². The quantitative estimate of drug-likeness (QED) is 0.398. The second kappa shape index (κ2) is 4.84. The van der Waals surface area contributed by atoms with Crippen LogP contribution in [0.25, 0.3) is 43.6 Å². The van der Waals surface area contributed by atoms with E-state index in [1.807, 2.05) is 24.3 Å². The van der Waals surface area contributed by atoms with Gasteiger partial charge in [0.2, 0.25) is 0 Å². The topological polar surface area (TPSA) is 72.0 Å². The normalized spacial score (nSPS) is 12.1. The van der Waals surface area contributed by atoms with Crippen molar-refractivity contribution >= 4 is 43.6 Å². The van der Waals surface area contributed by atoms with Crippen LogP contribution in [0.3, 0.4) is 0 Å². The SMILES string of the molecule is OCc1cccc2c1[nH]c1c2ccc2c3cccc(CO)c3[nH]c21. The fraction of sp³-hybridized carbons (Fsp3) is 0.100. The summed E-state index contributed by atoms with van der Waals surface area (Å²) in [5, 5.41) is 23.7. The fourth-order valence-electron chi connectivity index (χ4n) is 3.77. The molecule has 0 atom stereocenters. The average Bonchev–Trinajstić information content (AvgIpc) is 3.19. The number of aromatic amines is 2. The summed E-state index contributed by atoms with van der Waals surface area (Å²) in [5.74, 6) is 0. The van der Waals surface area contributed by atoms with E-state index in [2.05, 4.69) is 34.2 Å². The maximum atomic E-state index is 9.60. The molecule has 0 radical (unpaired) electrons. The minimum absolute atomic E-state index is 0.00860. The van der Waals surface area contributed by atoms with Crippen molar-refractivity contribution in [1.29, 1.82) is 0 Å². The molecule has 0 unspecified atom stereocenters. The Morgan fingerprint density at radius 3 is 1.38 bits per heavy atom. The largest absolute Gasteiger partial charge is 0.392 e. The molecule has 0 spiro atoms. The number of aliphatic hydroxyl groups excluding tert-OH is 2. The lowest BCUT2D eigenvalue weighted by Gasteiger charge is -1.97. The van der Waals surface area contributed by atoms with Crippen LogP contribution in [0, 0.1) is 0 Å². The predicted octanol–water partition coefficient (Wildman–Crippen LogP) is 3.94. The number of aliphatic hydroxyl groups is 2. The molecule has 2 aromatic heterocycles. The Hall–Kier alpha value is -2.82. The lowest BCUT2D eigenvalue weighted by molar-refractivity contribution is 0.283. The van der Waals surface area contributed by atoms with Gasteiger partial charge in [-0.25, -0.2) is 0 Å². The van der Waals surface area contributed by atoms with Gasteiger partial charge in [-0.2, -0.15) is 0 Å². The molecule has 0 amide bonds. The summed E-state index contributed by atoms with van der Waals surface area (Å²) in [7, 11) is 0. The molecule has 4 heteroatoms. The minimum atomic E-state index is 0.00860. The highest BCUT2D eigenvalue weighted by molar-refractivity contribution is 6.22. The number of fused-ring (bicyclic) bond motifs is 7. The zero-order chi connectivity index (χ0) is 16.3.